The van der Waals surface area contributed by atoms with Crippen LogP contribution in [0.4, 0.5) is 23.7 Å². The molecule has 3 aromatic heterocycles. The molecule has 2 unspecified atom stereocenters. The van der Waals surface area contributed by atoms with Crippen molar-refractivity contribution in [3.8, 4) is 11.4 Å². The highest BCUT2D eigenvalue weighted by molar-refractivity contribution is 6.04. The zero-order valence-corrected chi connectivity index (χ0v) is 18.9. The maximum absolute atomic E-state index is 13.0. The van der Waals surface area contributed by atoms with Gasteiger partial charge in [0, 0.05) is 30.0 Å². The minimum absolute atomic E-state index is 0.00791. The van der Waals surface area contributed by atoms with Crippen LogP contribution in [0.15, 0.2) is 47.2 Å². The minimum Gasteiger partial charge on any atom is -0.465 e. The number of hydrogen-bond donors (Lipinski definition) is 2. The third-order valence-corrected chi connectivity index (χ3v) is 6.29. The number of pyridine rings is 1. The number of aryl methyl sites for hydroxylation is 1. The van der Waals surface area contributed by atoms with Crippen LogP contribution in [0.3, 0.4) is 0 Å². The van der Waals surface area contributed by atoms with E-state index < -0.39 is 23.7 Å². The van der Waals surface area contributed by atoms with Gasteiger partial charge in [0.2, 0.25) is 11.7 Å². The molecule has 4 heterocycles. The summed E-state index contributed by atoms with van der Waals surface area (Å²) in [6.45, 7) is 3.80. The lowest BCUT2D eigenvalue weighted by Crippen LogP contribution is -2.55. The Morgan fingerprint density at radius 2 is 2.00 bits per heavy atom. The number of carbonyl (C=O) groups excluding carboxylic acids is 1. The largest absolute Gasteiger partial charge is 0.465 e. The van der Waals surface area contributed by atoms with Gasteiger partial charge in [-0.1, -0.05) is 17.3 Å². The third kappa shape index (κ3) is 4.01. The third-order valence-electron chi connectivity index (χ3n) is 6.29. The standard InChI is InChI=1S/C23H19F3N6O4/c1-11-3-4-13(19-29-21(36-30-19)15-10-32(12(15)2)22(34)35)7-16(11)28-20(33)17-9-27-18-8-14(23(24,25)26)5-6-31(17)18/h3-9,12,15H,10H2,1-2H3,(H,28,33)(H,34,35). The van der Waals surface area contributed by atoms with Crippen LogP contribution in [0.5, 0.6) is 0 Å². The van der Waals surface area contributed by atoms with Crippen LogP contribution >= 0.6 is 0 Å². The van der Waals surface area contributed by atoms with Crippen molar-refractivity contribution in [3.05, 3.63) is 65.4 Å². The number of likely N-dealkylation sites (tertiary alicyclic amines) is 1. The first-order chi connectivity index (χ1) is 17.0. The highest BCUT2D eigenvalue weighted by atomic mass is 19.4. The summed E-state index contributed by atoms with van der Waals surface area (Å²) in [7, 11) is 0. The van der Waals surface area contributed by atoms with Gasteiger partial charge in [0.15, 0.2) is 0 Å². The summed E-state index contributed by atoms with van der Waals surface area (Å²) < 4.78 is 45.5. The van der Waals surface area contributed by atoms with Gasteiger partial charge in [0.05, 0.1) is 17.7 Å². The summed E-state index contributed by atoms with van der Waals surface area (Å²) in [5, 5.41) is 15.9. The fourth-order valence-electron chi connectivity index (χ4n) is 4.06. The summed E-state index contributed by atoms with van der Waals surface area (Å²) in [6.07, 6.45) is -3.17. The van der Waals surface area contributed by atoms with Gasteiger partial charge in [0.25, 0.3) is 5.91 Å². The molecule has 36 heavy (non-hydrogen) atoms. The summed E-state index contributed by atoms with van der Waals surface area (Å²) in [6, 6.07) is 6.62. The molecule has 186 valence electrons. The number of benzene rings is 1. The first kappa shape index (κ1) is 23.3. The summed E-state index contributed by atoms with van der Waals surface area (Å²) in [4.78, 5) is 33.7. The van der Waals surface area contributed by atoms with E-state index in [4.69, 9.17) is 9.63 Å². The highest BCUT2D eigenvalue weighted by Crippen LogP contribution is 2.34. The summed E-state index contributed by atoms with van der Waals surface area (Å²) in [5.74, 6) is -0.172. The molecule has 1 aromatic carbocycles. The zero-order chi connectivity index (χ0) is 25.8. The summed E-state index contributed by atoms with van der Waals surface area (Å²) >= 11 is 0. The molecule has 2 amide bonds. The predicted octanol–water partition coefficient (Wildman–Crippen LogP) is 4.43. The van der Waals surface area contributed by atoms with E-state index in [2.05, 4.69) is 20.4 Å². The van der Waals surface area contributed by atoms with Gasteiger partial charge in [-0.15, -0.1) is 0 Å². The molecule has 0 bridgehead atoms. The molecule has 0 aliphatic carbocycles. The molecule has 1 saturated heterocycles. The SMILES string of the molecule is Cc1ccc(-c2noc(C3CN(C(=O)O)C3C)n2)cc1NC(=O)c1cnc2cc(C(F)(F)F)ccn12. The predicted molar refractivity (Wildman–Crippen MR) is 120 cm³/mol. The van der Waals surface area contributed by atoms with Crippen molar-refractivity contribution in [1.29, 1.82) is 0 Å². The molecule has 1 fully saturated rings. The topological polar surface area (TPSA) is 126 Å². The fraction of sp³-hybridized carbons (Fsp3) is 0.261. The number of anilines is 1. The second kappa shape index (κ2) is 8.36. The number of halogens is 3. The van der Waals surface area contributed by atoms with Crippen LogP contribution in [-0.4, -0.2) is 54.1 Å². The molecule has 0 spiro atoms. The molecule has 1 aliphatic rings. The van der Waals surface area contributed by atoms with E-state index in [1.807, 2.05) is 0 Å². The number of carboxylic acid groups (broad SMARTS) is 1. The Balaban J connectivity index is 1.36. The van der Waals surface area contributed by atoms with Crippen molar-refractivity contribution in [2.75, 3.05) is 11.9 Å². The Kier molecular flexibility index (Phi) is 5.42. The maximum Gasteiger partial charge on any atom is 0.416 e. The number of aromatic nitrogens is 4. The Hall–Kier alpha value is -4.42. The van der Waals surface area contributed by atoms with E-state index >= 15 is 0 Å². The maximum atomic E-state index is 13.0. The van der Waals surface area contributed by atoms with E-state index in [0.29, 0.717) is 17.1 Å². The molecule has 2 atom stereocenters. The van der Waals surface area contributed by atoms with Gasteiger partial charge in [0.1, 0.15) is 11.3 Å². The van der Waals surface area contributed by atoms with Crippen molar-refractivity contribution in [1.82, 2.24) is 24.4 Å². The van der Waals surface area contributed by atoms with E-state index in [1.165, 1.54) is 15.5 Å². The number of carbonyl (C=O) groups is 2. The smallest absolute Gasteiger partial charge is 0.416 e. The number of nitrogens with zero attached hydrogens (tertiary/aromatic N) is 5. The molecule has 10 nitrogen and oxygen atoms in total. The average Bonchev–Trinajstić information content (AvgIpc) is 3.45. The van der Waals surface area contributed by atoms with Crippen molar-refractivity contribution in [2.24, 2.45) is 0 Å². The van der Waals surface area contributed by atoms with Crippen molar-refractivity contribution in [3.63, 3.8) is 0 Å². The Morgan fingerprint density at radius 1 is 1.22 bits per heavy atom. The van der Waals surface area contributed by atoms with Crippen LogP contribution < -0.4 is 5.32 Å². The lowest BCUT2D eigenvalue weighted by molar-refractivity contribution is -0.137. The number of hydrogen-bond acceptors (Lipinski definition) is 6. The van der Waals surface area contributed by atoms with Gasteiger partial charge in [-0.3, -0.25) is 9.20 Å². The Morgan fingerprint density at radius 3 is 2.69 bits per heavy atom. The van der Waals surface area contributed by atoms with Crippen LogP contribution in [0, 0.1) is 6.92 Å². The van der Waals surface area contributed by atoms with Gasteiger partial charge in [-0.25, -0.2) is 9.78 Å². The molecule has 0 radical (unpaired) electrons. The number of amides is 2. The normalized spacial score (nSPS) is 17.8. The lowest BCUT2D eigenvalue weighted by Gasteiger charge is -2.42. The second-order valence-corrected chi connectivity index (χ2v) is 8.51. The van der Waals surface area contributed by atoms with Crippen molar-refractivity contribution in [2.45, 2.75) is 32.0 Å². The van der Waals surface area contributed by atoms with E-state index in [-0.39, 0.29) is 35.7 Å². The highest BCUT2D eigenvalue weighted by Gasteiger charge is 2.43. The van der Waals surface area contributed by atoms with Crippen molar-refractivity contribution >= 4 is 23.3 Å². The number of imidazole rings is 1. The molecule has 4 aromatic rings. The lowest BCUT2D eigenvalue weighted by atomic mass is 9.90. The van der Waals surface area contributed by atoms with Gasteiger partial charge >= 0.3 is 12.3 Å². The first-order valence-electron chi connectivity index (χ1n) is 10.8. The Labute approximate surface area is 201 Å². The van der Waals surface area contributed by atoms with Gasteiger partial charge in [-0.05, 0) is 37.6 Å². The van der Waals surface area contributed by atoms with E-state index in [0.717, 1.165) is 23.9 Å². The number of rotatable bonds is 4. The molecule has 2 N–H and O–H groups in total. The van der Waals surface area contributed by atoms with Crippen LogP contribution in [0.25, 0.3) is 17.0 Å². The molecule has 13 heteroatoms. The number of fused-ring (bicyclic) bond motifs is 1. The number of nitrogens with one attached hydrogen (secondary N) is 1. The molecule has 0 saturated carbocycles. The summed E-state index contributed by atoms with van der Waals surface area (Å²) in [5.41, 5.74) is 0.927. The second-order valence-electron chi connectivity index (χ2n) is 8.51. The van der Waals surface area contributed by atoms with Crippen LogP contribution in [0.1, 0.15) is 40.3 Å². The van der Waals surface area contributed by atoms with Gasteiger partial charge in [-0.2, -0.15) is 18.2 Å². The quantitative estimate of drug-likeness (QED) is 0.425. The molecular weight excluding hydrogens is 481 g/mol. The first-order valence-corrected chi connectivity index (χ1v) is 10.8. The number of alkyl halides is 3. The van der Waals surface area contributed by atoms with Crippen LogP contribution in [-0.2, 0) is 6.18 Å². The monoisotopic (exact) mass is 500 g/mol. The Bertz CT molecular complexity index is 1490. The van der Waals surface area contributed by atoms with E-state index in [9.17, 15) is 22.8 Å². The van der Waals surface area contributed by atoms with E-state index in [1.54, 1.807) is 32.0 Å². The van der Waals surface area contributed by atoms with Gasteiger partial charge < -0.3 is 19.8 Å². The zero-order valence-electron chi connectivity index (χ0n) is 18.9. The average molecular weight is 500 g/mol. The molecule has 1 aliphatic heterocycles. The van der Waals surface area contributed by atoms with Crippen LogP contribution in [0.2, 0.25) is 0 Å². The molecular formula is C23H19F3N6O4. The molecule has 5 rings (SSSR count). The fourth-order valence-corrected chi connectivity index (χ4v) is 4.06. The van der Waals surface area contributed by atoms with Crippen molar-refractivity contribution < 1.29 is 32.4 Å². The minimum atomic E-state index is -4.52.